The number of piperidine rings is 1. The van der Waals surface area contributed by atoms with Gasteiger partial charge >= 0.3 is 0 Å². The third kappa shape index (κ3) is 4.65. The number of nitrogens with one attached hydrogen (secondary N) is 1. The maximum absolute atomic E-state index is 13.2. The molecule has 2 fully saturated rings. The Morgan fingerprint density at radius 1 is 1.33 bits per heavy atom. The number of thiazole rings is 1. The van der Waals surface area contributed by atoms with Gasteiger partial charge < -0.3 is 10.2 Å². The number of carbonyl (C=O) groups excluding carboxylic acids is 1. The van der Waals surface area contributed by atoms with E-state index in [0.29, 0.717) is 5.92 Å². The van der Waals surface area contributed by atoms with Gasteiger partial charge in [-0.15, -0.1) is 36.2 Å². The van der Waals surface area contributed by atoms with Gasteiger partial charge in [-0.2, -0.15) is 5.10 Å². The standard InChI is InChI=1S/C18H25N5OS.2ClH/c1-12-11-25-17(21-12)13-4-3-5-23(10-13)18(24)16-8-19-7-15(16)14-6-20-22(2)9-14;;/h6,9,11,13,15-16,19H,3-5,7-8,10H2,1-2H3;2*1H/t13?,15-,16+;;/m1../s1. The largest absolute Gasteiger partial charge is 0.342 e. The third-order valence-electron chi connectivity index (χ3n) is 5.40. The molecule has 2 aliphatic rings. The lowest BCUT2D eigenvalue weighted by molar-refractivity contribution is -0.136. The van der Waals surface area contributed by atoms with Crippen molar-refractivity contribution in [1.82, 2.24) is 25.0 Å². The lowest BCUT2D eigenvalue weighted by Crippen LogP contribution is -2.44. The van der Waals surface area contributed by atoms with Crippen molar-refractivity contribution in [2.24, 2.45) is 13.0 Å². The minimum Gasteiger partial charge on any atom is -0.342 e. The van der Waals surface area contributed by atoms with E-state index in [-0.39, 0.29) is 42.6 Å². The summed E-state index contributed by atoms with van der Waals surface area (Å²) in [4.78, 5) is 19.9. The molecule has 2 aromatic heterocycles. The fraction of sp³-hybridized carbons (Fsp3) is 0.611. The topological polar surface area (TPSA) is 63.1 Å². The molecule has 0 bridgehead atoms. The number of rotatable bonds is 3. The van der Waals surface area contributed by atoms with Crippen LogP contribution in [0.15, 0.2) is 17.8 Å². The first-order chi connectivity index (χ1) is 12.1. The Hall–Kier alpha value is -1.15. The number of hydrogen-bond acceptors (Lipinski definition) is 5. The third-order valence-corrected chi connectivity index (χ3v) is 6.53. The van der Waals surface area contributed by atoms with Crippen LogP contribution in [0.5, 0.6) is 0 Å². The molecule has 4 rings (SSSR count). The smallest absolute Gasteiger partial charge is 0.227 e. The number of carbonyl (C=O) groups is 1. The van der Waals surface area contributed by atoms with Gasteiger partial charge in [-0.1, -0.05) is 0 Å². The van der Waals surface area contributed by atoms with E-state index in [9.17, 15) is 4.79 Å². The highest BCUT2D eigenvalue weighted by atomic mass is 35.5. The molecule has 0 aliphatic carbocycles. The van der Waals surface area contributed by atoms with Crippen LogP contribution in [0.3, 0.4) is 0 Å². The van der Waals surface area contributed by atoms with Gasteiger partial charge in [0.2, 0.25) is 5.91 Å². The molecule has 9 heteroatoms. The predicted molar refractivity (Wildman–Crippen MR) is 112 cm³/mol. The predicted octanol–water partition coefficient (Wildman–Crippen LogP) is 2.74. The van der Waals surface area contributed by atoms with E-state index in [2.05, 4.69) is 25.7 Å². The van der Waals surface area contributed by atoms with Gasteiger partial charge in [0.1, 0.15) is 0 Å². The first-order valence-corrected chi connectivity index (χ1v) is 9.90. The van der Waals surface area contributed by atoms with Crippen LogP contribution in [0.2, 0.25) is 0 Å². The van der Waals surface area contributed by atoms with E-state index in [1.807, 2.05) is 31.0 Å². The fourth-order valence-corrected chi connectivity index (χ4v) is 5.02. The Balaban J connectivity index is 0.00000131. The quantitative estimate of drug-likeness (QED) is 0.810. The molecule has 2 saturated heterocycles. The second-order valence-corrected chi connectivity index (χ2v) is 8.16. The number of aryl methyl sites for hydroxylation is 2. The molecule has 0 spiro atoms. The molecule has 4 heterocycles. The van der Waals surface area contributed by atoms with E-state index < -0.39 is 0 Å². The lowest BCUT2D eigenvalue weighted by Gasteiger charge is -2.34. The summed E-state index contributed by atoms with van der Waals surface area (Å²) in [5, 5.41) is 11.0. The molecule has 6 nitrogen and oxygen atoms in total. The average Bonchev–Trinajstić information content (AvgIpc) is 3.34. The second kappa shape index (κ2) is 9.37. The number of hydrogen-bond donors (Lipinski definition) is 1. The summed E-state index contributed by atoms with van der Waals surface area (Å²) in [5.41, 5.74) is 2.25. The summed E-state index contributed by atoms with van der Waals surface area (Å²) in [5.74, 6) is 0.920. The number of halogens is 2. The monoisotopic (exact) mass is 431 g/mol. The molecular formula is C18H27Cl2N5OS. The minimum atomic E-state index is 0. The number of amides is 1. The summed E-state index contributed by atoms with van der Waals surface area (Å²) in [7, 11) is 1.92. The van der Waals surface area contributed by atoms with Crippen LogP contribution >= 0.6 is 36.2 Å². The lowest BCUT2D eigenvalue weighted by atomic mass is 9.88. The average molecular weight is 432 g/mol. The molecule has 150 valence electrons. The van der Waals surface area contributed by atoms with Crippen molar-refractivity contribution in [3.8, 4) is 0 Å². The minimum absolute atomic E-state index is 0. The van der Waals surface area contributed by atoms with Crippen molar-refractivity contribution >= 4 is 42.1 Å². The Bertz CT molecular complexity index is 765. The molecule has 2 aliphatic heterocycles. The van der Waals surface area contributed by atoms with Gasteiger partial charge in [0.25, 0.3) is 0 Å². The highest BCUT2D eigenvalue weighted by Gasteiger charge is 2.38. The van der Waals surface area contributed by atoms with E-state index in [0.717, 1.165) is 50.3 Å². The maximum atomic E-state index is 13.2. The Labute approximate surface area is 176 Å². The Kier molecular flexibility index (Phi) is 7.68. The molecule has 1 unspecified atom stereocenters. The van der Waals surface area contributed by atoms with E-state index in [1.54, 1.807) is 11.3 Å². The maximum Gasteiger partial charge on any atom is 0.227 e. The van der Waals surface area contributed by atoms with Crippen LogP contribution in [-0.2, 0) is 11.8 Å². The SMILES string of the molecule is Cc1csc(C2CCCN(C(=O)[C@H]3CNC[C@@H]3c3cnn(C)c3)C2)n1.Cl.Cl. The van der Waals surface area contributed by atoms with Gasteiger partial charge in [-0.25, -0.2) is 4.98 Å². The van der Waals surface area contributed by atoms with Crippen LogP contribution in [0.25, 0.3) is 0 Å². The summed E-state index contributed by atoms with van der Waals surface area (Å²) >= 11 is 1.73. The molecular weight excluding hydrogens is 405 g/mol. The molecule has 0 aromatic carbocycles. The summed E-state index contributed by atoms with van der Waals surface area (Å²) < 4.78 is 1.82. The highest BCUT2D eigenvalue weighted by Crippen LogP contribution is 2.33. The second-order valence-electron chi connectivity index (χ2n) is 7.27. The number of likely N-dealkylation sites (tertiary alicyclic amines) is 1. The van der Waals surface area contributed by atoms with Gasteiger partial charge in [-0.3, -0.25) is 9.48 Å². The first-order valence-electron chi connectivity index (χ1n) is 9.02. The summed E-state index contributed by atoms with van der Waals surface area (Å²) in [6.45, 7) is 5.33. The molecule has 3 atom stereocenters. The van der Waals surface area contributed by atoms with Crippen LogP contribution < -0.4 is 5.32 Å². The molecule has 0 saturated carbocycles. The zero-order valence-electron chi connectivity index (χ0n) is 15.6. The van der Waals surface area contributed by atoms with Crippen molar-refractivity contribution in [3.63, 3.8) is 0 Å². The Morgan fingerprint density at radius 2 is 2.15 bits per heavy atom. The van der Waals surface area contributed by atoms with E-state index in [4.69, 9.17) is 0 Å². The van der Waals surface area contributed by atoms with Crippen LogP contribution in [0, 0.1) is 12.8 Å². The van der Waals surface area contributed by atoms with E-state index in [1.165, 1.54) is 5.01 Å². The van der Waals surface area contributed by atoms with Gasteiger partial charge in [0.05, 0.1) is 17.1 Å². The molecule has 2 aromatic rings. The number of nitrogens with zero attached hydrogens (tertiary/aromatic N) is 4. The number of aromatic nitrogens is 3. The van der Waals surface area contributed by atoms with Crippen LogP contribution in [0.4, 0.5) is 0 Å². The van der Waals surface area contributed by atoms with Crippen molar-refractivity contribution < 1.29 is 4.79 Å². The zero-order chi connectivity index (χ0) is 17.4. The van der Waals surface area contributed by atoms with E-state index >= 15 is 0 Å². The highest BCUT2D eigenvalue weighted by molar-refractivity contribution is 7.09. The van der Waals surface area contributed by atoms with Crippen molar-refractivity contribution in [2.45, 2.75) is 31.6 Å². The van der Waals surface area contributed by atoms with Crippen LogP contribution in [-0.4, -0.2) is 51.8 Å². The summed E-state index contributed by atoms with van der Waals surface area (Å²) in [6.07, 6.45) is 6.13. The fourth-order valence-electron chi connectivity index (χ4n) is 4.09. The Morgan fingerprint density at radius 3 is 2.81 bits per heavy atom. The van der Waals surface area contributed by atoms with Crippen molar-refractivity contribution in [2.75, 3.05) is 26.2 Å². The first kappa shape index (κ1) is 22.1. The summed E-state index contributed by atoms with van der Waals surface area (Å²) in [6, 6.07) is 0. The van der Waals surface area contributed by atoms with Gasteiger partial charge in [0.15, 0.2) is 0 Å². The van der Waals surface area contributed by atoms with Crippen molar-refractivity contribution in [3.05, 3.63) is 34.0 Å². The molecule has 1 N–H and O–H groups in total. The van der Waals surface area contributed by atoms with Gasteiger partial charge in [0, 0.05) is 62.3 Å². The van der Waals surface area contributed by atoms with Gasteiger partial charge in [-0.05, 0) is 25.3 Å². The molecule has 1 amide bonds. The normalized spacial score (nSPS) is 25.0. The molecule has 0 radical (unpaired) electrons. The van der Waals surface area contributed by atoms with Crippen LogP contribution in [0.1, 0.15) is 40.9 Å². The molecule has 27 heavy (non-hydrogen) atoms. The van der Waals surface area contributed by atoms with Crippen molar-refractivity contribution in [1.29, 1.82) is 0 Å². The zero-order valence-corrected chi connectivity index (χ0v) is 18.1.